The van der Waals surface area contributed by atoms with Crippen molar-refractivity contribution in [2.45, 2.75) is 47.0 Å². The Morgan fingerprint density at radius 2 is 1.94 bits per heavy atom. The SMILES string of the molecule is CC[C@H](C)CCc1oc(=O)c(C)c(O)c1C. The standard InChI is InChI=1S/C13H20O3/c1-5-8(2)6-7-11-9(3)12(14)10(4)13(15)16-11/h8,14H,5-7H2,1-4H3/t8-/m0/s1. The second-order valence-electron chi connectivity index (χ2n) is 4.46. The minimum Gasteiger partial charge on any atom is -0.507 e. The molecule has 90 valence electrons. The van der Waals surface area contributed by atoms with E-state index in [-0.39, 0.29) is 5.75 Å². The number of rotatable bonds is 4. The zero-order valence-corrected chi connectivity index (χ0v) is 10.5. The summed E-state index contributed by atoms with van der Waals surface area (Å²) in [6, 6.07) is 0. The summed E-state index contributed by atoms with van der Waals surface area (Å²) in [6.07, 6.45) is 2.80. The van der Waals surface area contributed by atoms with E-state index in [1.807, 2.05) is 0 Å². The summed E-state index contributed by atoms with van der Waals surface area (Å²) in [5, 5.41) is 9.73. The predicted octanol–water partition coefficient (Wildman–Crippen LogP) is 2.94. The summed E-state index contributed by atoms with van der Waals surface area (Å²) in [4.78, 5) is 11.4. The van der Waals surface area contributed by atoms with E-state index in [0.29, 0.717) is 29.2 Å². The smallest absolute Gasteiger partial charge is 0.342 e. The van der Waals surface area contributed by atoms with Crippen LogP contribution in [0.15, 0.2) is 9.21 Å². The van der Waals surface area contributed by atoms with E-state index < -0.39 is 5.63 Å². The van der Waals surface area contributed by atoms with E-state index in [9.17, 15) is 9.90 Å². The highest BCUT2D eigenvalue weighted by molar-refractivity contribution is 5.38. The Morgan fingerprint density at radius 3 is 2.50 bits per heavy atom. The molecule has 16 heavy (non-hydrogen) atoms. The quantitative estimate of drug-likeness (QED) is 0.855. The van der Waals surface area contributed by atoms with Gasteiger partial charge in [0.05, 0.1) is 5.56 Å². The number of hydrogen-bond acceptors (Lipinski definition) is 3. The molecule has 3 heteroatoms. The van der Waals surface area contributed by atoms with Crippen molar-refractivity contribution in [1.29, 1.82) is 0 Å². The molecular formula is C13H20O3. The highest BCUT2D eigenvalue weighted by Gasteiger charge is 2.13. The maximum absolute atomic E-state index is 11.4. The number of aryl methyl sites for hydroxylation is 1. The van der Waals surface area contributed by atoms with Crippen LogP contribution in [0.2, 0.25) is 0 Å². The van der Waals surface area contributed by atoms with Crippen molar-refractivity contribution in [2.24, 2.45) is 5.92 Å². The third kappa shape index (κ3) is 2.65. The van der Waals surface area contributed by atoms with Gasteiger partial charge >= 0.3 is 5.63 Å². The number of aromatic hydroxyl groups is 1. The molecule has 0 saturated heterocycles. The monoisotopic (exact) mass is 224 g/mol. The van der Waals surface area contributed by atoms with Gasteiger partial charge in [-0.15, -0.1) is 0 Å². The van der Waals surface area contributed by atoms with Crippen LogP contribution in [0.1, 0.15) is 43.6 Å². The zero-order chi connectivity index (χ0) is 12.3. The van der Waals surface area contributed by atoms with Gasteiger partial charge in [0.1, 0.15) is 11.5 Å². The molecule has 1 heterocycles. The van der Waals surface area contributed by atoms with Crippen LogP contribution in [0.3, 0.4) is 0 Å². The highest BCUT2D eigenvalue weighted by atomic mass is 16.4. The van der Waals surface area contributed by atoms with Crippen LogP contribution in [0.5, 0.6) is 5.75 Å². The summed E-state index contributed by atoms with van der Waals surface area (Å²) in [6.45, 7) is 7.67. The molecule has 0 amide bonds. The van der Waals surface area contributed by atoms with E-state index >= 15 is 0 Å². The second kappa shape index (κ2) is 5.19. The first-order valence-corrected chi connectivity index (χ1v) is 5.79. The Hall–Kier alpha value is -1.25. The summed E-state index contributed by atoms with van der Waals surface area (Å²) in [7, 11) is 0. The minimum absolute atomic E-state index is 0.0791. The molecule has 0 aliphatic rings. The van der Waals surface area contributed by atoms with Gasteiger partial charge in [-0.2, -0.15) is 0 Å². The fraction of sp³-hybridized carbons (Fsp3) is 0.615. The van der Waals surface area contributed by atoms with Crippen molar-refractivity contribution >= 4 is 0 Å². The Bertz CT molecular complexity index is 418. The molecule has 1 N–H and O–H groups in total. The molecule has 1 aromatic rings. The molecule has 1 aromatic heterocycles. The average molecular weight is 224 g/mol. The molecule has 3 nitrogen and oxygen atoms in total. The lowest BCUT2D eigenvalue weighted by Gasteiger charge is -2.10. The highest BCUT2D eigenvalue weighted by Crippen LogP contribution is 2.23. The first-order valence-electron chi connectivity index (χ1n) is 5.79. The lowest BCUT2D eigenvalue weighted by atomic mass is 10.00. The van der Waals surface area contributed by atoms with Crippen LogP contribution in [0.25, 0.3) is 0 Å². The van der Waals surface area contributed by atoms with E-state index in [1.54, 1.807) is 13.8 Å². The first kappa shape index (κ1) is 12.8. The molecule has 0 aromatic carbocycles. The van der Waals surface area contributed by atoms with Gasteiger partial charge in [-0.3, -0.25) is 0 Å². The predicted molar refractivity (Wildman–Crippen MR) is 63.9 cm³/mol. The van der Waals surface area contributed by atoms with Crippen LogP contribution < -0.4 is 5.63 Å². The van der Waals surface area contributed by atoms with Crippen molar-refractivity contribution in [3.05, 3.63) is 27.3 Å². The van der Waals surface area contributed by atoms with Gasteiger partial charge in [-0.05, 0) is 26.2 Å². The molecule has 1 rings (SSSR count). The molecular weight excluding hydrogens is 204 g/mol. The fourth-order valence-corrected chi connectivity index (χ4v) is 1.60. The largest absolute Gasteiger partial charge is 0.507 e. The van der Waals surface area contributed by atoms with Crippen LogP contribution >= 0.6 is 0 Å². The van der Waals surface area contributed by atoms with Gasteiger partial charge in [0, 0.05) is 12.0 Å². The zero-order valence-electron chi connectivity index (χ0n) is 10.5. The molecule has 0 unspecified atom stereocenters. The average Bonchev–Trinajstić information content (AvgIpc) is 2.28. The van der Waals surface area contributed by atoms with Gasteiger partial charge in [-0.25, -0.2) is 4.79 Å². The maximum Gasteiger partial charge on any atom is 0.342 e. The molecule has 0 saturated carbocycles. The van der Waals surface area contributed by atoms with Crippen molar-refractivity contribution in [3.63, 3.8) is 0 Å². The van der Waals surface area contributed by atoms with Crippen LogP contribution in [0.4, 0.5) is 0 Å². The van der Waals surface area contributed by atoms with E-state index in [1.165, 1.54) is 0 Å². The summed E-state index contributed by atoms with van der Waals surface area (Å²) in [5.74, 6) is 1.30. The normalized spacial score (nSPS) is 12.8. The minimum atomic E-state index is -0.428. The Morgan fingerprint density at radius 1 is 1.31 bits per heavy atom. The maximum atomic E-state index is 11.4. The van der Waals surface area contributed by atoms with E-state index in [0.717, 1.165) is 12.8 Å². The van der Waals surface area contributed by atoms with E-state index in [4.69, 9.17) is 4.42 Å². The molecule has 0 spiro atoms. The third-order valence-electron chi connectivity index (χ3n) is 3.21. The third-order valence-corrected chi connectivity index (χ3v) is 3.21. The van der Waals surface area contributed by atoms with Crippen molar-refractivity contribution in [2.75, 3.05) is 0 Å². The molecule has 0 fully saturated rings. The van der Waals surface area contributed by atoms with Gasteiger partial charge in [0.25, 0.3) is 0 Å². The molecule has 1 atom stereocenters. The molecule has 0 aliphatic carbocycles. The molecule has 0 radical (unpaired) electrons. The summed E-state index contributed by atoms with van der Waals surface area (Å²) in [5.41, 5.74) is 0.562. The van der Waals surface area contributed by atoms with Crippen molar-refractivity contribution < 1.29 is 9.52 Å². The molecule has 0 bridgehead atoms. The summed E-state index contributed by atoms with van der Waals surface area (Å²) >= 11 is 0. The van der Waals surface area contributed by atoms with Gasteiger partial charge < -0.3 is 9.52 Å². The Balaban J connectivity index is 2.94. The van der Waals surface area contributed by atoms with Crippen molar-refractivity contribution in [3.8, 4) is 5.75 Å². The fourth-order valence-electron chi connectivity index (χ4n) is 1.60. The Kier molecular flexibility index (Phi) is 4.16. The van der Waals surface area contributed by atoms with Gasteiger partial charge in [0.2, 0.25) is 0 Å². The first-order chi connectivity index (χ1) is 7.47. The van der Waals surface area contributed by atoms with Crippen molar-refractivity contribution in [1.82, 2.24) is 0 Å². The van der Waals surface area contributed by atoms with Crippen LogP contribution in [-0.4, -0.2) is 5.11 Å². The van der Waals surface area contributed by atoms with E-state index in [2.05, 4.69) is 13.8 Å². The van der Waals surface area contributed by atoms with Gasteiger partial charge in [0.15, 0.2) is 0 Å². The van der Waals surface area contributed by atoms with Crippen LogP contribution in [0, 0.1) is 19.8 Å². The lowest BCUT2D eigenvalue weighted by molar-refractivity contribution is 0.394. The topological polar surface area (TPSA) is 50.4 Å². The Labute approximate surface area is 96.1 Å². The molecule has 0 aliphatic heterocycles. The lowest BCUT2D eigenvalue weighted by Crippen LogP contribution is -2.08. The second-order valence-corrected chi connectivity index (χ2v) is 4.46. The van der Waals surface area contributed by atoms with Gasteiger partial charge in [-0.1, -0.05) is 20.3 Å². The number of hydrogen-bond donors (Lipinski definition) is 1. The van der Waals surface area contributed by atoms with Crippen LogP contribution in [-0.2, 0) is 6.42 Å². The summed E-state index contributed by atoms with van der Waals surface area (Å²) < 4.78 is 5.20.